The van der Waals surface area contributed by atoms with Crippen LogP contribution in [0.5, 0.6) is 0 Å². The third-order valence-electron chi connectivity index (χ3n) is 8.48. The first kappa shape index (κ1) is 29.6. The first-order valence-corrected chi connectivity index (χ1v) is 15.4. The summed E-state index contributed by atoms with van der Waals surface area (Å²) in [5.41, 5.74) is 9.14. The average molecular weight is 561 g/mol. The van der Waals surface area contributed by atoms with Gasteiger partial charge in [-0.3, -0.25) is 4.99 Å². The molecule has 1 fully saturated rings. The molecule has 3 unspecified atom stereocenters. The van der Waals surface area contributed by atoms with Crippen LogP contribution in [0.2, 0.25) is 0 Å². The van der Waals surface area contributed by atoms with Gasteiger partial charge >= 0.3 is 0 Å². The molecule has 2 aliphatic heterocycles. The molecule has 3 aromatic carbocycles. The Morgan fingerprint density at radius 3 is 2.40 bits per heavy atom. The molecule has 2 heterocycles. The Kier molecular flexibility index (Phi) is 9.76. The number of nitrogens with zero attached hydrogens (tertiary/aromatic N) is 3. The zero-order valence-corrected chi connectivity index (χ0v) is 25.8. The molecule has 3 atom stereocenters. The second-order valence-corrected chi connectivity index (χ2v) is 12.2. The second-order valence-electron chi connectivity index (χ2n) is 12.2. The van der Waals surface area contributed by atoms with Gasteiger partial charge < -0.3 is 15.1 Å². The van der Waals surface area contributed by atoms with Gasteiger partial charge in [-0.2, -0.15) is 0 Å². The van der Waals surface area contributed by atoms with E-state index in [4.69, 9.17) is 4.99 Å². The number of anilines is 2. The van der Waals surface area contributed by atoms with Crippen molar-refractivity contribution in [2.24, 2.45) is 22.7 Å². The molecule has 0 bridgehead atoms. The summed E-state index contributed by atoms with van der Waals surface area (Å²) < 4.78 is 0. The van der Waals surface area contributed by atoms with E-state index in [1.807, 2.05) is 0 Å². The van der Waals surface area contributed by atoms with Crippen molar-refractivity contribution in [1.29, 1.82) is 0 Å². The van der Waals surface area contributed by atoms with Crippen LogP contribution in [0.3, 0.4) is 0 Å². The SMILES string of the molecule is C=C(Nc1ccc(CN(C)C)cc1)c1cccc(C2=CC3C=CC(C)C3C(C)=N2)c1.[HH].c1ccc(N2CCCCC2)cc1. The van der Waals surface area contributed by atoms with Gasteiger partial charge in [0.2, 0.25) is 0 Å². The fraction of sp³-hybridized carbons (Fsp3) is 0.342. The van der Waals surface area contributed by atoms with Crippen LogP contribution in [-0.4, -0.2) is 37.8 Å². The fourth-order valence-corrected chi connectivity index (χ4v) is 6.32. The molecular formula is C38H48N4. The van der Waals surface area contributed by atoms with Crippen LogP contribution in [0, 0.1) is 17.8 Å². The van der Waals surface area contributed by atoms with Gasteiger partial charge in [-0.05, 0) is 87.7 Å². The largest absolute Gasteiger partial charge is 0.372 e. The van der Waals surface area contributed by atoms with Crippen molar-refractivity contribution in [2.45, 2.75) is 39.7 Å². The lowest BCUT2D eigenvalue weighted by atomic mass is 9.82. The van der Waals surface area contributed by atoms with Crippen molar-refractivity contribution in [3.05, 3.63) is 120 Å². The summed E-state index contributed by atoms with van der Waals surface area (Å²) >= 11 is 0. The summed E-state index contributed by atoms with van der Waals surface area (Å²) in [4.78, 5) is 9.59. The quantitative estimate of drug-likeness (QED) is 0.293. The monoisotopic (exact) mass is 560 g/mol. The normalized spacial score (nSPS) is 21.2. The molecule has 6 rings (SSSR count). The van der Waals surface area contributed by atoms with Crippen molar-refractivity contribution >= 4 is 28.5 Å². The number of hydrogen-bond acceptors (Lipinski definition) is 4. The molecule has 1 saturated heterocycles. The van der Waals surface area contributed by atoms with E-state index >= 15 is 0 Å². The minimum absolute atomic E-state index is 0. The molecule has 0 saturated carbocycles. The summed E-state index contributed by atoms with van der Waals surface area (Å²) in [5, 5.41) is 3.45. The number of benzene rings is 3. The number of fused-ring (bicyclic) bond motifs is 1. The Morgan fingerprint density at radius 1 is 0.952 bits per heavy atom. The number of rotatable bonds is 7. The van der Waals surface area contributed by atoms with Crippen LogP contribution in [-0.2, 0) is 6.54 Å². The van der Waals surface area contributed by atoms with E-state index < -0.39 is 0 Å². The number of piperidine rings is 1. The molecule has 1 N–H and O–H groups in total. The molecular weight excluding hydrogens is 512 g/mol. The lowest BCUT2D eigenvalue weighted by Gasteiger charge is -2.28. The Balaban J connectivity index is 0.000000272. The molecule has 42 heavy (non-hydrogen) atoms. The third kappa shape index (κ3) is 7.49. The van der Waals surface area contributed by atoms with Crippen molar-refractivity contribution in [2.75, 3.05) is 37.4 Å². The maximum atomic E-state index is 4.95. The maximum absolute atomic E-state index is 4.95. The van der Waals surface area contributed by atoms with Crippen LogP contribution in [0.1, 0.15) is 51.2 Å². The molecule has 3 aromatic rings. The van der Waals surface area contributed by atoms with Gasteiger partial charge in [-0.25, -0.2) is 0 Å². The summed E-state index contributed by atoms with van der Waals surface area (Å²) in [6, 6.07) is 27.7. The summed E-state index contributed by atoms with van der Waals surface area (Å²) in [5.74, 6) is 1.54. The van der Waals surface area contributed by atoms with Gasteiger partial charge in [0.25, 0.3) is 0 Å². The minimum Gasteiger partial charge on any atom is -0.372 e. The summed E-state index contributed by atoms with van der Waals surface area (Å²) in [6.45, 7) is 12.1. The van der Waals surface area contributed by atoms with Gasteiger partial charge in [-0.1, -0.05) is 80.3 Å². The minimum atomic E-state index is 0. The summed E-state index contributed by atoms with van der Waals surface area (Å²) in [6.07, 6.45) is 11.1. The highest BCUT2D eigenvalue weighted by molar-refractivity contribution is 5.93. The predicted octanol–water partition coefficient (Wildman–Crippen LogP) is 9.01. The van der Waals surface area contributed by atoms with Gasteiger partial charge in [0, 0.05) is 61.2 Å². The lowest BCUT2D eigenvalue weighted by Crippen LogP contribution is -2.29. The molecule has 1 aliphatic carbocycles. The molecule has 0 aromatic heterocycles. The number of aliphatic imine (C=N–C) groups is 1. The van der Waals surface area contributed by atoms with Crippen LogP contribution in [0.15, 0.2) is 109 Å². The first-order valence-electron chi connectivity index (χ1n) is 15.4. The molecule has 0 amide bonds. The van der Waals surface area contributed by atoms with E-state index in [-0.39, 0.29) is 1.43 Å². The fourth-order valence-electron chi connectivity index (χ4n) is 6.32. The van der Waals surface area contributed by atoms with E-state index in [0.29, 0.717) is 17.8 Å². The third-order valence-corrected chi connectivity index (χ3v) is 8.48. The zero-order valence-electron chi connectivity index (χ0n) is 25.8. The van der Waals surface area contributed by atoms with Crippen molar-refractivity contribution in [3.8, 4) is 0 Å². The molecule has 0 spiro atoms. The van der Waals surface area contributed by atoms with Crippen molar-refractivity contribution in [3.63, 3.8) is 0 Å². The van der Waals surface area contributed by atoms with Crippen LogP contribution >= 0.6 is 0 Å². The number of hydrogen-bond donors (Lipinski definition) is 1. The Bertz CT molecular complexity index is 1430. The molecule has 4 heteroatoms. The molecule has 4 nitrogen and oxygen atoms in total. The highest BCUT2D eigenvalue weighted by Crippen LogP contribution is 2.39. The highest BCUT2D eigenvalue weighted by atomic mass is 15.1. The van der Waals surface area contributed by atoms with Gasteiger partial charge in [0.05, 0.1) is 5.70 Å². The van der Waals surface area contributed by atoms with E-state index in [9.17, 15) is 0 Å². The van der Waals surface area contributed by atoms with Gasteiger partial charge in [0.15, 0.2) is 0 Å². The average Bonchev–Trinajstić information content (AvgIpc) is 3.40. The van der Waals surface area contributed by atoms with Crippen LogP contribution in [0.25, 0.3) is 11.4 Å². The Hall–Kier alpha value is -3.89. The predicted molar refractivity (Wildman–Crippen MR) is 184 cm³/mol. The summed E-state index contributed by atoms with van der Waals surface area (Å²) in [7, 11) is 4.16. The van der Waals surface area contributed by atoms with Crippen LogP contribution < -0.4 is 10.2 Å². The highest BCUT2D eigenvalue weighted by Gasteiger charge is 2.32. The van der Waals surface area contributed by atoms with Gasteiger partial charge in [-0.15, -0.1) is 0 Å². The number of nitrogens with one attached hydrogen (secondary N) is 1. The zero-order chi connectivity index (χ0) is 29.5. The van der Waals surface area contributed by atoms with Gasteiger partial charge in [0.1, 0.15) is 0 Å². The topological polar surface area (TPSA) is 30.9 Å². The smallest absolute Gasteiger partial charge is 0.0667 e. The van der Waals surface area contributed by atoms with Crippen molar-refractivity contribution < 1.29 is 1.43 Å². The lowest BCUT2D eigenvalue weighted by molar-refractivity contribution is 0.402. The Morgan fingerprint density at radius 2 is 1.69 bits per heavy atom. The second kappa shape index (κ2) is 13.8. The molecule has 0 radical (unpaired) electrons. The standard InChI is InChI=1S/C27H31N3.C11H15N.H2/c1-18-9-12-24-16-26(29-20(3)27(18)24)23-8-6-7-22(15-23)19(2)28-25-13-10-21(11-14-25)17-30(4)5;1-3-7-11(8-4-1)12-9-5-2-6-10-12;/h6-16,18,24,27-28H,2,17H2,1,3-5H3;1,3-4,7-8H,2,5-6,9-10H2;1H. The molecule has 3 aliphatic rings. The number of allylic oxidation sites excluding steroid dienone is 3. The maximum Gasteiger partial charge on any atom is 0.0667 e. The van der Waals surface area contributed by atoms with Crippen LogP contribution in [0.4, 0.5) is 11.4 Å². The van der Waals surface area contributed by atoms with Crippen molar-refractivity contribution in [1.82, 2.24) is 4.90 Å². The Labute approximate surface area is 254 Å². The van der Waals surface area contributed by atoms with E-state index in [1.165, 1.54) is 49.3 Å². The van der Waals surface area contributed by atoms with E-state index in [0.717, 1.165) is 34.8 Å². The first-order chi connectivity index (χ1) is 20.4. The van der Waals surface area contributed by atoms with E-state index in [2.05, 4.69) is 147 Å². The number of para-hydroxylation sites is 1. The van der Waals surface area contributed by atoms with E-state index in [1.54, 1.807) is 0 Å². The molecule has 220 valence electrons.